The molecule has 206 valence electrons. The summed E-state index contributed by atoms with van der Waals surface area (Å²) in [4.78, 5) is 7.81. The lowest BCUT2D eigenvalue weighted by Gasteiger charge is -2.28. The molecule has 0 saturated heterocycles. The van der Waals surface area contributed by atoms with Crippen LogP contribution in [0.1, 0.15) is 79.0 Å². The van der Waals surface area contributed by atoms with Crippen molar-refractivity contribution in [3.63, 3.8) is 0 Å². The summed E-state index contributed by atoms with van der Waals surface area (Å²) >= 11 is 1.96. The predicted octanol–water partition coefficient (Wildman–Crippen LogP) is 11.4. The molecular weight excluding hydrogens is 502 g/mol. The van der Waals surface area contributed by atoms with E-state index in [4.69, 9.17) is 4.98 Å². The molecule has 0 radical (unpaired) electrons. The van der Waals surface area contributed by atoms with E-state index in [0.717, 1.165) is 25.0 Å². The summed E-state index contributed by atoms with van der Waals surface area (Å²) in [6.45, 7) is 21.0. The molecule has 1 nitrogen and oxygen atoms in total. The van der Waals surface area contributed by atoms with Crippen molar-refractivity contribution in [1.82, 2.24) is 4.98 Å². The third kappa shape index (κ3) is 5.28. The summed E-state index contributed by atoms with van der Waals surface area (Å²) in [6, 6.07) is 21.3. The van der Waals surface area contributed by atoms with Gasteiger partial charge in [-0.1, -0.05) is 110 Å². The smallest absolute Gasteiger partial charge is 0.0803 e. The highest BCUT2D eigenvalue weighted by Gasteiger charge is 2.28. The van der Waals surface area contributed by atoms with Gasteiger partial charge in [-0.2, -0.15) is 0 Å². The van der Waals surface area contributed by atoms with Crippen LogP contribution in [0, 0.1) is 16.2 Å². The predicted molar refractivity (Wildman–Crippen MR) is 176 cm³/mol. The second-order valence-electron chi connectivity index (χ2n) is 15.6. The molecule has 0 saturated carbocycles. The topological polar surface area (TPSA) is 12.9 Å². The molecule has 2 heteroatoms. The number of hydrogen-bond donors (Lipinski definition) is 0. The first-order chi connectivity index (χ1) is 18.7. The van der Waals surface area contributed by atoms with E-state index in [2.05, 4.69) is 117 Å². The first-order valence-corrected chi connectivity index (χ1v) is 15.6. The van der Waals surface area contributed by atoms with Gasteiger partial charge in [-0.05, 0) is 97.3 Å². The summed E-state index contributed by atoms with van der Waals surface area (Å²) in [5.74, 6) is 0. The number of aromatic nitrogens is 1. The summed E-state index contributed by atoms with van der Waals surface area (Å²) in [7, 11) is 0. The van der Waals surface area contributed by atoms with Crippen LogP contribution in [0.2, 0.25) is 0 Å². The Morgan fingerprint density at radius 1 is 0.600 bits per heavy atom. The van der Waals surface area contributed by atoms with Crippen LogP contribution in [0.25, 0.3) is 43.6 Å². The maximum Gasteiger partial charge on any atom is 0.0803 e. The molecule has 6 rings (SSSR count). The van der Waals surface area contributed by atoms with Crippen LogP contribution in [-0.2, 0) is 19.3 Å². The van der Waals surface area contributed by atoms with E-state index in [9.17, 15) is 0 Å². The normalized spacial score (nSPS) is 13.8. The minimum absolute atomic E-state index is 0.180. The van der Waals surface area contributed by atoms with E-state index in [1.807, 2.05) is 18.0 Å². The molecule has 40 heavy (non-hydrogen) atoms. The Labute approximate surface area is 244 Å². The summed E-state index contributed by atoms with van der Waals surface area (Å²) in [6.07, 6.45) is 5.21. The van der Waals surface area contributed by atoms with E-state index >= 15 is 0 Å². The third-order valence-corrected chi connectivity index (χ3v) is 9.01. The lowest BCUT2D eigenvalue weighted by atomic mass is 9.83. The van der Waals surface area contributed by atoms with E-state index in [1.165, 1.54) is 64.4 Å². The molecule has 4 aromatic carbocycles. The monoisotopic (exact) mass is 545 g/mol. The van der Waals surface area contributed by atoms with Crippen LogP contribution in [-0.4, -0.2) is 4.98 Å². The highest BCUT2D eigenvalue weighted by Crippen LogP contribution is 2.52. The number of hydrogen-bond acceptors (Lipinski definition) is 2. The molecule has 0 amide bonds. The highest BCUT2D eigenvalue weighted by atomic mass is 32.2. The van der Waals surface area contributed by atoms with E-state index in [-0.39, 0.29) is 16.2 Å². The molecule has 5 aromatic rings. The molecule has 0 spiro atoms. The average molecular weight is 546 g/mol. The van der Waals surface area contributed by atoms with Crippen LogP contribution in [0.3, 0.4) is 0 Å². The van der Waals surface area contributed by atoms with E-state index in [1.54, 1.807) is 0 Å². The van der Waals surface area contributed by atoms with Crippen molar-refractivity contribution >= 4 is 44.1 Å². The van der Waals surface area contributed by atoms with Crippen molar-refractivity contribution in [3.05, 3.63) is 77.5 Å². The maximum absolute atomic E-state index is 5.08. The Balaban J connectivity index is 1.62. The first-order valence-electron chi connectivity index (χ1n) is 14.8. The summed E-state index contributed by atoms with van der Waals surface area (Å²) in [5.41, 5.74) is 7.42. The van der Waals surface area contributed by atoms with Crippen LogP contribution in [0.15, 0.2) is 70.6 Å². The van der Waals surface area contributed by atoms with E-state index in [0.29, 0.717) is 0 Å². The van der Waals surface area contributed by atoms with Gasteiger partial charge in [0.15, 0.2) is 0 Å². The van der Waals surface area contributed by atoms with Gasteiger partial charge < -0.3 is 0 Å². The van der Waals surface area contributed by atoms with Gasteiger partial charge in [0.05, 0.1) is 5.69 Å². The Bertz CT molecular complexity index is 1790. The minimum atomic E-state index is 0.180. The van der Waals surface area contributed by atoms with Crippen molar-refractivity contribution < 1.29 is 0 Å². The number of pyridine rings is 1. The highest BCUT2D eigenvalue weighted by molar-refractivity contribution is 8.00. The van der Waals surface area contributed by atoms with Gasteiger partial charge in [0.25, 0.3) is 0 Å². The van der Waals surface area contributed by atoms with E-state index < -0.39 is 0 Å². The maximum atomic E-state index is 5.08. The number of benzene rings is 4. The minimum Gasteiger partial charge on any atom is -0.256 e. The second-order valence-corrected chi connectivity index (χ2v) is 16.7. The number of nitrogens with zero attached hydrogens (tertiary/aromatic N) is 1. The average Bonchev–Trinajstić information content (AvgIpc) is 2.82. The molecule has 0 N–H and O–H groups in total. The van der Waals surface area contributed by atoms with Crippen LogP contribution in [0.5, 0.6) is 0 Å². The molecule has 1 aliphatic heterocycles. The zero-order chi connectivity index (χ0) is 28.6. The fourth-order valence-corrected chi connectivity index (χ4v) is 7.75. The van der Waals surface area contributed by atoms with Crippen LogP contribution in [0.4, 0.5) is 0 Å². The molecule has 1 aromatic heterocycles. The molecule has 0 aliphatic carbocycles. The Kier molecular flexibility index (Phi) is 6.39. The van der Waals surface area contributed by atoms with Crippen molar-refractivity contribution in [2.24, 2.45) is 16.2 Å². The molecular formula is C38H43NS. The summed E-state index contributed by atoms with van der Waals surface area (Å²) < 4.78 is 0. The first kappa shape index (κ1) is 27.3. The standard InChI is InChI=1S/C38H43NS/c1-36(2,3)20-23-11-13-27-26(16-23)18-30-34-33-28(14-15-39-34)29-17-24(21-37(4,5)6)10-12-25(29)19-32(33)40-35(30)31(27)22-38(7,8)9/h10-19H,20-22H2,1-9H3. The Morgan fingerprint density at radius 3 is 1.93 bits per heavy atom. The SMILES string of the molecule is CC(C)(C)Cc1ccc2c(CC(C)(C)C)c3c(cc2c1)-c1nccc2c1c(cc1ccc(CC(C)(C)C)cc12)S3. The zero-order valence-electron chi connectivity index (χ0n) is 25.8. The van der Waals surface area contributed by atoms with Crippen molar-refractivity contribution in [3.8, 4) is 11.3 Å². The fraction of sp³-hybridized carbons (Fsp3) is 0.395. The number of rotatable bonds is 3. The van der Waals surface area contributed by atoms with Gasteiger partial charge in [-0.25, -0.2) is 0 Å². The lowest BCUT2D eigenvalue weighted by Crippen LogP contribution is -2.12. The number of fused-ring (bicyclic) bond motifs is 5. The molecule has 0 unspecified atom stereocenters. The lowest BCUT2D eigenvalue weighted by molar-refractivity contribution is 0.410. The quantitative estimate of drug-likeness (QED) is 0.205. The van der Waals surface area contributed by atoms with Gasteiger partial charge in [0, 0.05) is 26.9 Å². The molecule has 2 heterocycles. The molecule has 0 fully saturated rings. The van der Waals surface area contributed by atoms with Gasteiger partial charge in [0.2, 0.25) is 0 Å². The van der Waals surface area contributed by atoms with Crippen molar-refractivity contribution in [2.45, 2.75) is 91.4 Å². The second kappa shape index (κ2) is 9.35. The van der Waals surface area contributed by atoms with Crippen molar-refractivity contribution in [1.29, 1.82) is 0 Å². The zero-order valence-corrected chi connectivity index (χ0v) is 26.6. The molecule has 0 atom stereocenters. The van der Waals surface area contributed by atoms with Gasteiger partial charge in [-0.15, -0.1) is 0 Å². The Hall–Kier alpha value is -2.84. The largest absolute Gasteiger partial charge is 0.256 e. The molecule has 1 aliphatic rings. The molecule has 0 bridgehead atoms. The van der Waals surface area contributed by atoms with Crippen LogP contribution >= 0.6 is 11.8 Å². The third-order valence-electron chi connectivity index (χ3n) is 7.79. The van der Waals surface area contributed by atoms with Crippen molar-refractivity contribution in [2.75, 3.05) is 0 Å². The van der Waals surface area contributed by atoms with Gasteiger partial charge in [-0.3, -0.25) is 4.98 Å². The fourth-order valence-electron chi connectivity index (χ4n) is 6.46. The summed E-state index contributed by atoms with van der Waals surface area (Å²) in [5, 5.41) is 8.03. The van der Waals surface area contributed by atoms with Gasteiger partial charge in [0.1, 0.15) is 0 Å². The Morgan fingerprint density at radius 2 is 1.25 bits per heavy atom. The van der Waals surface area contributed by atoms with Crippen LogP contribution < -0.4 is 0 Å². The van der Waals surface area contributed by atoms with Gasteiger partial charge >= 0.3 is 0 Å².